The first-order valence-corrected chi connectivity index (χ1v) is 15.1. The first-order chi connectivity index (χ1) is 20.7. The van der Waals surface area contributed by atoms with E-state index in [9.17, 15) is 24.3 Å². The van der Waals surface area contributed by atoms with Crippen LogP contribution < -0.4 is 4.74 Å². The molecule has 216 valence electrons. The van der Waals surface area contributed by atoms with Gasteiger partial charge in [0.15, 0.2) is 0 Å². The van der Waals surface area contributed by atoms with Crippen LogP contribution in [0, 0.1) is 0 Å². The number of carbonyl (C=O) groups excluding carboxylic acids is 3. The SMILES string of the molecule is O=C(O)Oc1cc2c(cc1C(=O)N(Cc1cccc(-c3ccc(Cl)c(Cl)c3)c1)[C@H]1CCCc3ccccc31)C(=O)SC2=O. The third kappa shape index (κ3) is 5.78. The molecule has 0 fully saturated rings. The molecule has 0 radical (unpaired) electrons. The monoisotopic (exact) mass is 631 g/mol. The van der Waals surface area contributed by atoms with Gasteiger partial charge in [-0.3, -0.25) is 14.4 Å². The normalized spacial score (nSPS) is 15.5. The molecule has 1 heterocycles. The highest BCUT2D eigenvalue weighted by Crippen LogP contribution is 2.40. The fraction of sp³-hybridized carbons (Fsp3) is 0.152. The average Bonchev–Trinajstić information content (AvgIpc) is 3.28. The van der Waals surface area contributed by atoms with Crippen molar-refractivity contribution in [2.24, 2.45) is 0 Å². The van der Waals surface area contributed by atoms with Crippen LogP contribution >= 0.6 is 35.0 Å². The lowest BCUT2D eigenvalue weighted by Crippen LogP contribution is -2.36. The Hall–Kier alpha value is -4.11. The summed E-state index contributed by atoms with van der Waals surface area (Å²) in [5, 5.41) is 9.29. The summed E-state index contributed by atoms with van der Waals surface area (Å²) < 4.78 is 5.00. The zero-order valence-electron chi connectivity index (χ0n) is 22.5. The summed E-state index contributed by atoms with van der Waals surface area (Å²) in [5.74, 6) is -0.809. The van der Waals surface area contributed by atoms with Crippen molar-refractivity contribution in [3.8, 4) is 16.9 Å². The molecule has 4 aromatic carbocycles. The lowest BCUT2D eigenvalue weighted by molar-refractivity contribution is 0.0634. The van der Waals surface area contributed by atoms with Crippen LogP contribution in [-0.4, -0.2) is 32.3 Å². The van der Waals surface area contributed by atoms with Crippen LogP contribution in [0.4, 0.5) is 4.79 Å². The molecule has 0 bridgehead atoms. The molecule has 7 nitrogen and oxygen atoms in total. The zero-order chi connectivity index (χ0) is 30.2. The molecule has 1 N–H and O–H groups in total. The van der Waals surface area contributed by atoms with E-state index < -0.39 is 22.3 Å². The Bertz CT molecular complexity index is 1820. The number of amides is 1. The first kappa shape index (κ1) is 29.0. The second-order valence-electron chi connectivity index (χ2n) is 10.3. The number of ether oxygens (including phenoxy) is 1. The highest BCUT2D eigenvalue weighted by Gasteiger charge is 2.36. The largest absolute Gasteiger partial charge is 0.511 e. The minimum Gasteiger partial charge on any atom is -0.449 e. The fourth-order valence-corrected chi connectivity index (χ4v) is 6.73. The molecule has 4 aromatic rings. The van der Waals surface area contributed by atoms with Gasteiger partial charge in [-0.25, -0.2) is 4.79 Å². The Kier molecular flexibility index (Phi) is 8.01. The van der Waals surface area contributed by atoms with Crippen molar-refractivity contribution < 1.29 is 29.0 Å². The van der Waals surface area contributed by atoms with Gasteiger partial charge in [0.05, 0.1) is 21.7 Å². The van der Waals surface area contributed by atoms with Gasteiger partial charge in [0.25, 0.3) is 5.91 Å². The number of nitrogens with zero attached hydrogens (tertiary/aromatic N) is 1. The minimum atomic E-state index is -1.64. The van der Waals surface area contributed by atoms with Crippen LogP contribution in [0.2, 0.25) is 10.0 Å². The average molecular weight is 633 g/mol. The summed E-state index contributed by atoms with van der Waals surface area (Å²) in [6, 6.07) is 23.1. The van der Waals surface area contributed by atoms with Gasteiger partial charge in [0.1, 0.15) is 5.75 Å². The van der Waals surface area contributed by atoms with E-state index in [0.29, 0.717) is 28.2 Å². The predicted molar refractivity (Wildman–Crippen MR) is 165 cm³/mol. The minimum absolute atomic E-state index is 0.0201. The fourth-order valence-electron chi connectivity index (χ4n) is 5.71. The summed E-state index contributed by atoms with van der Waals surface area (Å²) in [5.41, 5.74) is 4.67. The first-order valence-electron chi connectivity index (χ1n) is 13.5. The Morgan fingerprint density at radius 3 is 2.40 bits per heavy atom. The number of carbonyl (C=O) groups is 4. The molecule has 1 amide bonds. The van der Waals surface area contributed by atoms with Gasteiger partial charge < -0.3 is 14.7 Å². The van der Waals surface area contributed by atoms with E-state index in [1.807, 2.05) is 54.6 Å². The van der Waals surface area contributed by atoms with Gasteiger partial charge in [-0.1, -0.05) is 71.7 Å². The van der Waals surface area contributed by atoms with Gasteiger partial charge in [0, 0.05) is 17.7 Å². The van der Waals surface area contributed by atoms with Crippen molar-refractivity contribution in [1.29, 1.82) is 0 Å². The number of hydrogen-bond acceptors (Lipinski definition) is 6. The topological polar surface area (TPSA) is 101 Å². The van der Waals surface area contributed by atoms with E-state index in [1.54, 1.807) is 17.0 Å². The van der Waals surface area contributed by atoms with Gasteiger partial charge in [0.2, 0.25) is 10.2 Å². The molecule has 0 unspecified atom stereocenters. The number of benzene rings is 4. The van der Waals surface area contributed by atoms with Crippen molar-refractivity contribution in [3.05, 3.63) is 122 Å². The number of hydrogen-bond donors (Lipinski definition) is 1. The highest BCUT2D eigenvalue weighted by molar-refractivity contribution is 8.27. The third-order valence-corrected chi connectivity index (χ3v) is 9.23. The molecular formula is C33H23Cl2NO6S. The Morgan fingerprint density at radius 1 is 0.884 bits per heavy atom. The summed E-state index contributed by atoms with van der Waals surface area (Å²) in [6.45, 7) is 0.179. The van der Waals surface area contributed by atoms with Crippen LogP contribution in [0.1, 0.15) is 66.6 Å². The molecule has 1 aliphatic carbocycles. The molecule has 2 aliphatic rings. The summed E-state index contributed by atoms with van der Waals surface area (Å²) in [6.07, 6.45) is 0.771. The van der Waals surface area contributed by atoms with Crippen LogP contribution in [0.15, 0.2) is 78.9 Å². The van der Waals surface area contributed by atoms with Gasteiger partial charge in [-0.2, -0.15) is 0 Å². The van der Waals surface area contributed by atoms with Gasteiger partial charge in [-0.05, 0) is 89.2 Å². The van der Waals surface area contributed by atoms with Crippen molar-refractivity contribution in [3.63, 3.8) is 0 Å². The van der Waals surface area contributed by atoms with Crippen molar-refractivity contribution in [2.45, 2.75) is 31.8 Å². The smallest absolute Gasteiger partial charge is 0.449 e. The molecule has 0 spiro atoms. The maximum atomic E-state index is 14.5. The molecule has 0 saturated carbocycles. The molecular weight excluding hydrogens is 609 g/mol. The second kappa shape index (κ2) is 11.9. The van der Waals surface area contributed by atoms with Crippen LogP contribution in [0.5, 0.6) is 5.75 Å². The van der Waals surface area contributed by atoms with E-state index >= 15 is 0 Å². The van der Waals surface area contributed by atoms with Crippen molar-refractivity contribution >= 4 is 57.3 Å². The molecule has 0 aromatic heterocycles. The van der Waals surface area contributed by atoms with Crippen LogP contribution in [-0.2, 0) is 13.0 Å². The number of rotatable bonds is 6. The molecule has 1 aliphatic heterocycles. The second-order valence-corrected chi connectivity index (χ2v) is 12.1. The molecule has 1 atom stereocenters. The summed E-state index contributed by atoms with van der Waals surface area (Å²) >= 11 is 12.9. The van der Waals surface area contributed by atoms with Crippen molar-refractivity contribution in [2.75, 3.05) is 0 Å². The highest BCUT2D eigenvalue weighted by atomic mass is 35.5. The van der Waals surface area contributed by atoms with Gasteiger partial charge in [-0.15, -0.1) is 0 Å². The number of halogens is 2. The van der Waals surface area contributed by atoms with Crippen LogP contribution in [0.3, 0.4) is 0 Å². The van der Waals surface area contributed by atoms with Gasteiger partial charge >= 0.3 is 6.16 Å². The Labute approximate surface area is 261 Å². The predicted octanol–water partition coefficient (Wildman–Crippen LogP) is 8.46. The van der Waals surface area contributed by atoms with Crippen LogP contribution in [0.25, 0.3) is 11.1 Å². The summed E-state index contributed by atoms with van der Waals surface area (Å²) in [4.78, 5) is 52.7. The quantitative estimate of drug-likeness (QED) is 0.168. The Balaban J connectivity index is 1.45. The number of carboxylic acid groups (broad SMARTS) is 1. The molecule has 0 saturated heterocycles. The van der Waals surface area contributed by atoms with E-state index in [2.05, 4.69) is 0 Å². The Morgan fingerprint density at radius 2 is 1.63 bits per heavy atom. The number of fused-ring (bicyclic) bond motifs is 2. The molecule has 43 heavy (non-hydrogen) atoms. The zero-order valence-corrected chi connectivity index (χ0v) is 24.8. The summed E-state index contributed by atoms with van der Waals surface area (Å²) in [7, 11) is 0. The lowest BCUT2D eigenvalue weighted by atomic mass is 9.86. The van der Waals surface area contributed by atoms with E-state index in [0.717, 1.165) is 40.7 Å². The van der Waals surface area contributed by atoms with E-state index in [-0.39, 0.29) is 35.0 Å². The standard InChI is InChI=1S/C33H23Cl2NO6S/c34-26-12-11-21(14-27(26)35)20-8-3-5-18(13-20)17-36(28-10-4-7-19-6-1-2-9-22(19)28)30(37)25-15-23-24(32(39)43-31(23)38)16-29(25)42-33(40)41/h1-3,5-6,8-9,11-16,28H,4,7,10,17H2,(H,40,41)/t28-/m0/s1. The number of aryl methyl sites for hydroxylation is 1. The van der Waals surface area contributed by atoms with Crippen molar-refractivity contribution in [1.82, 2.24) is 4.90 Å². The molecule has 10 heteroatoms. The lowest BCUT2D eigenvalue weighted by Gasteiger charge is -2.36. The third-order valence-electron chi connectivity index (χ3n) is 7.68. The number of thioether (sulfide) groups is 1. The maximum Gasteiger partial charge on any atom is 0.511 e. The maximum absolute atomic E-state index is 14.5. The molecule has 6 rings (SSSR count). The van der Waals surface area contributed by atoms with E-state index in [1.165, 1.54) is 12.1 Å². The van der Waals surface area contributed by atoms with E-state index in [4.69, 9.17) is 27.9 Å².